The van der Waals surface area contributed by atoms with Gasteiger partial charge in [0.15, 0.2) is 0 Å². The number of phenols is 1. The Bertz CT molecular complexity index is 397. The molecule has 2 rings (SSSR count). The summed E-state index contributed by atoms with van der Waals surface area (Å²) >= 11 is 0. The van der Waals surface area contributed by atoms with Gasteiger partial charge in [0.25, 0.3) is 0 Å². The number of phenolic OH excluding ortho intramolecular Hbond substituents is 1. The summed E-state index contributed by atoms with van der Waals surface area (Å²) in [6.45, 7) is 0.784. The topological polar surface area (TPSA) is 49.3 Å². The van der Waals surface area contributed by atoms with Crippen LogP contribution in [0, 0.1) is 5.92 Å². The van der Waals surface area contributed by atoms with Crippen molar-refractivity contribution < 1.29 is 9.90 Å². The van der Waals surface area contributed by atoms with E-state index in [0.717, 1.165) is 6.54 Å². The first-order chi connectivity index (χ1) is 8.75. The Morgan fingerprint density at radius 3 is 2.67 bits per heavy atom. The molecule has 1 aromatic rings. The van der Waals surface area contributed by atoms with Gasteiger partial charge in [-0.25, -0.2) is 0 Å². The SMILES string of the molecule is O=C(Cc1ccccc1O)NCC1CCCCC1. The average molecular weight is 247 g/mol. The van der Waals surface area contributed by atoms with Gasteiger partial charge in [-0.2, -0.15) is 0 Å². The standard InChI is InChI=1S/C15H21NO2/c17-14-9-5-4-8-13(14)10-15(18)16-11-12-6-2-1-3-7-12/h4-5,8-9,12,17H,1-3,6-7,10-11H2,(H,16,18). The number of carbonyl (C=O) groups is 1. The van der Waals surface area contributed by atoms with Crippen LogP contribution >= 0.6 is 0 Å². The predicted molar refractivity (Wildman–Crippen MR) is 71.4 cm³/mol. The summed E-state index contributed by atoms with van der Waals surface area (Å²) in [7, 11) is 0. The molecule has 98 valence electrons. The van der Waals surface area contributed by atoms with Crippen molar-refractivity contribution in [2.24, 2.45) is 5.92 Å². The van der Waals surface area contributed by atoms with Gasteiger partial charge >= 0.3 is 0 Å². The first-order valence-electron chi connectivity index (χ1n) is 6.79. The second-order valence-electron chi connectivity index (χ2n) is 5.11. The van der Waals surface area contributed by atoms with Crippen LogP contribution in [0.4, 0.5) is 0 Å². The van der Waals surface area contributed by atoms with E-state index in [1.165, 1.54) is 32.1 Å². The van der Waals surface area contributed by atoms with Crippen LogP contribution in [0.2, 0.25) is 0 Å². The summed E-state index contributed by atoms with van der Waals surface area (Å²) in [5.41, 5.74) is 0.693. The number of benzene rings is 1. The summed E-state index contributed by atoms with van der Waals surface area (Å²) in [4.78, 5) is 11.8. The number of hydrogen-bond donors (Lipinski definition) is 2. The maximum absolute atomic E-state index is 11.8. The Morgan fingerprint density at radius 2 is 1.94 bits per heavy atom. The fourth-order valence-electron chi connectivity index (χ4n) is 2.55. The molecule has 1 amide bonds. The normalized spacial score (nSPS) is 16.4. The molecule has 1 saturated carbocycles. The number of amides is 1. The molecule has 1 fully saturated rings. The molecule has 0 aliphatic heterocycles. The lowest BCUT2D eigenvalue weighted by Gasteiger charge is -2.21. The van der Waals surface area contributed by atoms with E-state index >= 15 is 0 Å². The molecule has 0 aromatic heterocycles. The second kappa shape index (κ2) is 6.43. The molecule has 3 heteroatoms. The Labute approximate surface area is 108 Å². The molecule has 0 unspecified atom stereocenters. The van der Waals surface area contributed by atoms with E-state index in [1.807, 2.05) is 6.07 Å². The van der Waals surface area contributed by atoms with E-state index in [4.69, 9.17) is 0 Å². The number of nitrogens with one attached hydrogen (secondary N) is 1. The van der Waals surface area contributed by atoms with Crippen molar-refractivity contribution in [3.63, 3.8) is 0 Å². The minimum Gasteiger partial charge on any atom is -0.508 e. The minimum absolute atomic E-state index is 0.00192. The van der Waals surface area contributed by atoms with Crippen LogP contribution in [-0.2, 0) is 11.2 Å². The third-order valence-electron chi connectivity index (χ3n) is 3.66. The highest BCUT2D eigenvalue weighted by Gasteiger charge is 2.14. The molecular formula is C15H21NO2. The van der Waals surface area contributed by atoms with Crippen LogP contribution in [0.3, 0.4) is 0 Å². The van der Waals surface area contributed by atoms with Crippen LogP contribution in [0.1, 0.15) is 37.7 Å². The summed E-state index contributed by atoms with van der Waals surface area (Å²) in [5, 5.41) is 12.6. The Balaban J connectivity index is 1.76. The number of rotatable bonds is 4. The molecule has 1 aliphatic rings. The van der Waals surface area contributed by atoms with Gasteiger partial charge in [-0.05, 0) is 24.8 Å². The molecule has 0 bridgehead atoms. The molecule has 0 saturated heterocycles. The Kier molecular flexibility index (Phi) is 4.62. The highest BCUT2D eigenvalue weighted by molar-refractivity contribution is 5.79. The quantitative estimate of drug-likeness (QED) is 0.859. The van der Waals surface area contributed by atoms with Crippen molar-refractivity contribution in [2.75, 3.05) is 6.54 Å². The van der Waals surface area contributed by atoms with E-state index in [-0.39, 0.29) is 18.1 Å². The van der Waals surface area contributed by atoms with E-state index in [0.29, 0.717) is 11.5 Å². The van der Waals surface area contributed by atoms with Gasteiger partial charge < -0.3 is 10.4 Å². The van der Waals surface area contributed by atoms with Crippen molar-refractivity contribution >= 4 is 5.91 Å². The lowest BCUT2D eigenvalue weighted by molar-refractivity contribution is -0.120. The van der Waals surface area contributed by atoms with Crippen molar-refractivity contribution in [1.82, 2.24) is 5.32 Å². The highest BCUT2D eigenvalue weighted by Crippen LogP contribution is 2.22. The van der Waals surface area contributed by atoms with E-state index < -0.39 is 0 Å². The van der Waals surface area contributed by atoms with Crippen LogP contribution in [0.25, 0.3) is 0 Å². The first kappa shape index (κ1) is 12.9. The third-order valence-corrected chi connectivity index (χ3v) is 3.66. The van der Waals surface area contributed by atoms with Gasteiger partial charge in [-0.1, -0.05) is 37.5 Å². The number of aromatic hydroxyl groups is 1. The van der Waals surface area contributed by atoms with Gasteiger partial charge in [-0.3, -0.25) is 4.79 Å². The zero-order valence-corrected chi connectivity index (χ0v) is 10.7. The van der Waals surface area contributed by atoms with E-state index in [2.05, 4.69) is 5.32 Å². The van der Waals surface area contributed by atoms with Gasteiger partial charge in [0.05, 0.1) is 6.42 Å². The summed E-state index contributed by atoms with van der Waals surface area (Å²) in [6, 6.07) is 7.00. The zero-order chi connectivity index (χ0) is 12.8. The first-order valence-corrected chi connectivity index (χ1v) is 6.79. The van der Waals surface area contributed by atoms with Gasteiger partial charge in [0.1, 0.15) is 5.75 Å². The fourth-order valence-corrected chi connectivity index (χ4v) is 2.55. The van der Waals surface area contributed by atoms with Crippen molar-refractivity contribution in [1.29, 1.82) is 0 Å². The highest BCUT2D eigenvalue weighted by atomic mass is 16.3. The number of carbonyl (C=O) groups excluding carboxylic acids is 1. The maximum Gasteiger partial charge on any atom is 0.224 e. The molecule has 2 N–H and O–H groups in total. The average Bonchev–Trinajstić information content (AvgIpc) is 2.40. The summed E-state index contributed by atoms with van der Waals surface area (Å²) in [5.74, 6) is 0.847. The zero-order valence-electron chi connectivity index (χ0n) is 10.7. The van der Waals surface area contributed by atoms with E-state index in [1.54, 1.807) is 18.2 Å². The van der Waals surface area contributed by atoms with Crippen LogP contribution < -0.4 is 5.32 Å². The van der Waals surface area contributed by atoms with Crippen molar-refractivity contribution in [3.05, 3.63) is 29.8 Å². The summed E-state index contributed by atoms with van der Waals surface area (Å²) < 4.78 is 0. The lowest BCUT2D eigenvalue weighted by atomic mass is 9.89. The predicted octanol–water partition coefficient (Wildman–Crippen LogP) is 2.63. The maximum atomic E-state index is 11.8. The molecule has 0 radical (unpaired) electrons. The smallest absolute Gasteiger partial charge is 0.224 e. The molecule has 3 nitrogen and oxygen atoms in total. The number of hydrogen-bond acceptors (Lipinski definition) is 2. The third kappa shape index (κ3) is 3.76. The van der Waals surface area contributed by atoms with Gasteiger partial charge in [0, 0.05) is 12.1 Å². The molecular weight excluding hydrogens is 226 g/mol. The van der Waals surface area contributed by atoms with Crippen molar-refractivity contribution in [2.45, 2.75) is 38.5 Å². The molecule has 1 aliphatic carbocycles. The van der Waals surface area contributed by atoms with Crippen LogP contribution in [-0.4, -0.2) is 17.6 Å². The Hall–Kier alpha value is -1.51. The molecule has 0 spiro atoms. The van der Waals surface area contributed by atoms with Crippen LogP contribution in [0.15, 0.2) is 24.3 Å². The minimum atomic E-state index is 0.00192. The fraction of sp³-hybridized carbons (Fsp3) is 0.533. The molecule has 18 heavy (non-hydrogen) atoms. The molecule has 1 aromatic carbocycles. The van der Waals surface area contributed by atoms with Crippen LogP contribution in [0.5, 0.6) is 5.75 Å². The van der Waals surface area contributed by atoms with Gasteiger partial charge in [0.2, 0.25) is 5.91 Å². The van der Waals surface area contributed by atoms with Gasteiger partial charge in [-0.15, -0.1) is 0 Å². The number of para-hydroxylation sites is 1. The largest absolute Gasteiger partial charge is 0.508 e. The van der Waals surface area contributed by atoms with Crippen molar-refractivity contribution in [3.8, 4) is 5.75 Å². The molecule has 0 atom stereocenters. The molecule has 0 heterocycles. The Morgan fingerprint density at radius 1 is 1.22 bits per heavy atom. The second-order valence-corrected chi connectivity index (χ2v) is 5.11. The summed E-state index contributed by atoms with van der Waals surface area (Å²) in [6.07, 6.45) is 6.65. The van der Waals surface area contributed by atoms with E-state index in [9.17, 15) is 9.90 Å². The monoisotopic (exact) mass is 247 g/mol. The lowest BCUT2D eigenvalue weighted by Crippen LogP contribution is -2.31.